The molecule has 0 aliphatic rings. The maximum absolute atomic E-state index is 6.05. The van der Waals surface area contributed by atoms with E-state index in [-0.39, 0.29) is 0 Å². The Hall–Kier alpha value is -1.52. The van der Waals surface area contributed by atoms with Gasteiger partial charge in [0.05, 0.1) is 5.69 Å². The van der Waals surface area contributed by atoms with Crippen molar-refractivity contribution >= 4 is 17.1 Å². The summed E-state index contributed by atoms with van der Waals surface area (Å²) in [4.78, 5) is 4.48. The molecule has 5 nitrogen and oxygen atoms in total. The van der Waals surface area contributed by atoms with E-state index in [1.807, 2.05) is 11.7 Å². The molecule has 2 heterocycles. The Morgan fingerprint density at radius 1 is 1.24 bits per heavy atom. The molecule has 0 bridgehead atoms. The fourth-order valence-corrected chi connectivity index (χ4v) is 2.47. The second-order valence-electron chi connectivity index (χ2n) is 4.41. The van der Waals surface area contributed by atoms with Crippen LogP contribution in [0.15, 0.2) is 0 Å². The molecule has 0 radical (unpaired) electrons. The number of rotatable bonds is 4. The molecule has 0 aliphatic heterocycles. The smallest absolute Gasteiger partial charge is 0.202 e. The zero-order valence-corrected chi connectivity index (χ0v) is 11.1. The number of nitrogens with zero attached hydrogens (tertiary/aromatic N) is 4. The van der Waals surface area contributed by atoms with Gasteiger partial charge in [-0.15, -0.1) is 0 Å². The van der Waals surface area contributed by atoms with Crippen molar-refractivity contribution in [2.45, 2.75) is 46.1 Å². The summed E-state index contributed by atoms with van der Waals surface area (Å²) in [7, 11) is 1.96. The maximum Gasteiger partial charge on any atom is 0.202 e. The molecule has 0 saturated heterocycles. The zero-order chi connectivity index (χ0) is 12.6. The monoisotopic (exact) mass is 235 g/mol. The number of fused-ring (bicyclic) bond motifs is 1. The van der Waals surface area contributed by atoms with Crippen LogP contribution in [0.4, 0.5) is 5.95 Å². The molecule has 0 atom stereocenters. The van der Waals surface area contributed by atoms with E-state index in [0.717, 1.165) is 36.1 Å². The first-order valence-corrected chi connectivity index (χ1v) is 6.33. The van der Waals surface area contributed by atoms with Crippen molar-refractivity contribution in [2.75, 3.05) is 5.73 Å². The number of nitrogens with two attached hydrogens (primary N) is 1. The van der Waals surface area contributed by atoms with Crippen molar-refractivity contribution in [1.82, 2.24) is 19.3 Å². The quantitative estimate of drug-likeness (QED) is 0.884. The van der Waals surface area contributed by atoms with Crippen molar-refractivity contribution in [3.05, 3.63) is 5.69 Å². The Morgan fingerprint density at radius 3 is 2.41 bits per heavy atom. The van der Waals surface area contributed by atoms with Crippen LogP contribution in [0.5, 0.6) is 0 Å². The van der Waals surface area contributed by atoms with E-state index < -0.39 is 0 Å². The molecule has 5 heteroatoms. The lowest BCUT2D eigenvalue weighted by Gasteiger charge is -2.16. The lowest BCUT2D eigenvalue weighted by molar-refractivity contribution is 0.480. The van der Waals surface area contributed by atoms with Gasteiger partial charge in [0.15, 0.2) is 5.65 Å². The van der Waals surface area contributed by atoms with Crippen LogP contribution >= 0.6 is 0 Å². The number of aromatic nitrogens is 4. The van der Waals surface area contributed by atoms with Gasteiger partial charge in [-0.1, -0.05) is 20.8 Å². The first kappa shape index (κ1) is 12.0. The van der Waals surface area contributed by atoms with E-state index in [4.69, 9.17) is 5.73 Å². The molecule has 94 valence electrons. The van der Waals surface area contributed by atoms with Gasteiger partial charge in [-0.2, -0.15) is 5.10 Å². The highest BCUT2D eigenvalue weighted by molar-refractivity contribution is 5.78. The van der Waals surface area contributed by atoms with Crippen LogP contribution in [0.3, 0.4) is 0 Å². The molecule has 2 N–H and O–H groups in total. The second kappa shape index (κ2) is 4.39. The predicted octanol–water partition coefficient (Wildman–Crippen LogP) is 2.28. The largest absolute Gasteiger partial charge is 0.369 e. The Morgan fingerprint density at radius 2 is 1.88 bits per heavy atom. The van der Waals surface area contributed by atoms with Gasteiger partial charge in [0, 0.05) is 13.1 Å². The van der Waals surface area contributed by atoms with Crippen molar-refractivity contribution in [3.63, 3.8) is 0 Å². The number of anilines is 1. The van der Waals surface area contributed by atoms with E-state index >= 15 is 0 Å². The summed E-state index contributed by atoms with van der Waals surface area (Å²) in [6.07, 6.45) is 2.99. The van der Waals surface area contributed by atoms with Crippen LogP contribution in [0.1, 0.15) is 45.3 Å². The van der Waals surface area contributed by atoms with Crippen LogP contribution in [-0.2, 0) is 13.5 Å². The minimum absolute atomic E-state index is 0.403. The number of hydrogen-bond acceptors (Lipinski definition) is 3. The van der Waals surface area contributed by atoms with Crippen molar-refractivity contribution < 1.29 is 0 Å². The molecule has 2 rings (SSSR count). The van der Waals surface area contributed by atoms with Gasteiger partial charge in [0.2, 0.25) is 5.95 Å². The SMILES string of the molecule is CCc1nn(C)c2c1nc(N)n2C(CC)CC. The molecule has 2 aromatic heterocycles. The van der Waals surface area contributed by atoms with Crippen LogP contribution in [-0.4, -0.2) is 19.3 Å². The molecule has 0 aromatic carbocycles. The fourth-order valence-electron chi connectivity index (χ4n) is 2.47. The fraction of sp³-hybridized carbons (Fsp3) is 0.667. The molecule has 0 fully saturated rings. The van der Waals surface area contributed by atoms with Gasteiger partial charge in [0.1, 0.15) is 5.52 Å². The molecular weight excluding hydrogens is 214 g/mol. The highest BCUT2D eigenvalue weighted by atomic mass is 15.4. The summed E-state index contributed by atoms with van der Waals surface area (Å²) in [5.74, 6) is 0.608. The van der Waals surface area contributed by atoms with Gasteiger partial charge in [-0.3, -0.25) is 9.25 Å². The summed E-state index contributed by atoms with van der Waals surface area (Å²) in [6, 6.07) is 0.403. The van der Waals surface area contributed by atoms with Crippen molar-refractivity contribution in [1.29, 1.82) is 0 Å². The average molecular weight is 235 g/mol. The van der Waals surface area contributed by atoms with Crippen LogP contribution in [0.2, 0.25) is 0 Å². The number of nitrogen functional groups attached to an aromatic ring is 1. The third-order valence-electron chi connectivity index (χ3n) is 3.41. The molecule has 0 spiro atoms. The molecular formula is C12H21N5. The van der Waals surface area contributed by atoms with E-state index in [0.29, 0.717) is 12.0 Å². The van der Waals surface area contributed by atoms with E-state index in [9.17, 15) is 0 Å². The van der Waals surface area contributed by atoms with Crippen molar-refractivity contribution in [2.24, 2.45) is 7.05 Å². The van der Waals surface area contributed by atoms with Gasteiger partial charge < -0.3 is 5.73 Å². The minimum atomic E-state index is 0.403. The predicted molar refractivity (Wildman–Crippen MR) is 69.9 cm³/mol. The Labute approximate surface area is 102 Å². The summed E-state index contributed by atoms with van der Waals surface area (Å²) in [5.41, 5.74) is 9.09. The van der Waals surface area contributed by atoms with Crippen LogP contribution in [0.25, 0.3) is 11.2 Å². The highest BCUT2D eigenvalue weighted by Crippen LogP contribution is 2.28. The second-order valence-corrected chi connectivity index (χ2v) is 4.41. The third kappa shape index (κ3) is 1.69. The Kier molecular flexibility index (Phi) is 3.09. The minimum Gasteiger partial charge on any atom is -0.369 e. The van der Waals surface area contributed by atoms with E-state index in [1.54, 1.807) is 0 Å². The van der Waals surface area contributed by atoms with Gasteiger partial charge >= 0.3 is 0 Å². The van der Waals surface area contributed by atoms with Crippen molar-refractivity contribution in [3.8, 4) is 0 Å². The number of hydrogen-bond donors (Lipinski definition) is 1. The van der Waals surface area contributed by atoms with Gasteiger partial charge in [-0.25, -0.2) is 4.98 Å². The lowest BCUT2D eigenvalue weighted by Crippen LogP contribution is -2.12. The molecule has 0 saturated carbocycles. The topological polar surface area (TPSA) is 61.7 Å². The third-order valence-corrected chi connectivity index (χ3v) is 3.41. The zero-order valence-electron chi connectivity index (χ0n) is 11.1. The van der Waals surface area contributed by atoms with Gasteiger partial charge in [0.25, 0.3) is 0 Å². The number of imidazole rings is 1. The standard InChI is InChI=1S/C12H21N5/c1-5-8(6-2)17-11-10(14-12(17)13)9(7-3)15-16(11)4/h8H,5-7H2,1-4H3,(H2,13,14). The first-order valence-electron chi connectivity index (χ1n) is 6.33. The Balaban J connectivity index is 2.70. The average Bonchev–Trinajstić information content (AvgIpc) is 2.80. The molecule has 0 unspecified atom stereocenters. The van der Waals surface area contributed by atoms with E-state index in [1.165, 1.54) is 0 Å². The van der Waals surface area contributed by atoms with Gasteiger partial charge in [-0.05, 0) is 19.3 Å². The van der Waals surface area contributed by atoms with Crippen LogP contribution < -0.4 is 5.73 Å². The molecule has 0 aliphatic carbocycles. The van der Waals surface area contributed by atoms with Crippen LogP contribution in [0, 0.1) is 0 Å². The lowest BCUT2D eigenvalue weighted by atomic mass is 10.2. The summed E-state index contributed by atoms with van der Waals surface area (Å²) < 4.78 is 4.03. The summed E-state index contributed by atoms with van der Waals surface area (Å²) in [5, 5.41) is 4.50. The Bertz CT molecular complexity index is 518. The molecule has 17 heavy (non-hydrogen) atoms. The van der Waals surface area contributed by atoms with E-state index in [2.05, 4.69) is 35.4 Å². The molecule has 0 amide bonds. The normalized spacial score (nSPS) is 11.8. The maximum atomic E-state index is 6.05. The summed E-state index contributed by atoms with van der Waals surface area (Å²) in [6.45, 7) is 6.45. The highest BCUT2D eigenvalue weighted by Gasteiger charge is 2.20. The molecule has 2 aromatic rings. The number of aryl methyl sites for hydroxylation is 2. The first-order chi connectivity index (χ1) is 8.13. The summed E-state index contributed by atoms with van der Waals surface area (Å²) >= 11 is 0.